The fraction of sp³-hybridized carbons (Fsp3) is 0.375. The number of aliphatic imine (C=N–C) groups is 1. The van der Waals surface area contributed by atoms with E-state index in [1.165, 1.54) is 4.90 Å². The number of nitrogens with one attached hydrogen (secondary N) is 1. The minimum absolute atomic E-state index is 0. The quantitative estimate of drug-likeness (QED) is 0.156. The van der Waals surface area contributed by atoms with Gasteiger partial charge in [-0.15, -0.1) is 24.0 Å². The largest absolute Gasteiger partial charge is 0.497 e. The van der Waals surface area contributed by atoms with Crippen molar-refractivity contribution in [3.63, 3.8) is 0 Å². The highest BCUT2D eigenvalue weighted by molar-refractivity contribution is 14.0. The van der Waals surface area contributed by atoms with Gasteiger partial charge in [0, 0.05) is 27.2 Å². The van der Waals surface area contributed by atoms with E-state index in [0.29, 0.717) is 37.4 Å². The van der Waals surface area contributed by atoms with Crippen molar-refractivity contribution >= 4 is 41.8 Å². The topological polar surface area (TPSA) is 83.5 Å². The monoisotopic (exact) mass is 566 g/mol. The maximum Gasteiger partial charge on any atom is 0.261 e. The van der Waals surface area contributed by atoms with Crippen LogP contribution in [-0.2, 0) is 0 Å². The second kappa shape index (κ2) is 13.0. The lowest BCUT2D eigenvalue weighted by Gasteiger charge is -2.22. The smallest absolute Gasteiger partial charge is 0.261 e. The minimum atomic E-state index is -0.203. The van der Waals surface area contributed by atoms with Crippen molar-refractivity contribution in [2.24, 2.45) is 4.99 Å². The van der Waals surface area contributed by atoms with Crippen LogP contribution in [0.5, 0.6) is 11.5 Å². The van der Waals surface area contributed by atoms with Crippen molar-refractivity contribution in [2.45, 2.75) is 12.8 Å². The first-order chi connectivity index (χ1) is 15.5. The zero-order valence-corrected chi connectivity index (χ0v) is 21.6. The van der Waals surface area contributed by atoms with Crippen LogP contribution in [-0.4, -0.2) is 75.0 Å². The van der Waals surface area contributed by atoms with Gasteiger partial charge in [-0.3, -0.25) is 19.5 Å². The van der Waals surface area contributed by atoms with Gasteiger partial charge in [0.15, 0.2) is 5.96 Å². The summed E-state index contributed by atoms with van der Waals surface area (Å²) < 4.78 is 10.9. The summed E-state index contributed by atoms with van der Waals surface area (Å²) in [6.07, 6.45) is 1.53. The van der Waals surface area contributed by atoms with Gasteiger partial charge in [-0.05, 0) is 49.2 Å². The predicted molar refractivity (Wildman–Crippen MR) is 139 cm³/mol. The molecule has 2 amide bonds. The number of benzene rings is 2. The van der Waals surface area contributed by atoms with E-state index in [0.717, 1.165) is 30.3 Å². The van der Waals surface area contributed by atoms with Crippen LogP contribution in [0.1, 0.15) is 33.6 Å². The molecule has 0 spiro atoms. The molecule has 0 atom stereocenters. The summed E-state index contributed by atoms with van der Waals surface area (Å²) in [5.74, 6) is 1.94. The number of ether oxygens (including phenoxy) is 2. The molecule has 1 aliphatic rings. The fourth-order valence-electron chi connectivity index (χ4n) is 3.50. The van der Waals surface area contributed by atoms with Crippen molar-refractivity contribution in [2.75, 3.05) is 47.4 Å². The Kier molecular flexibility index (Phi) is 10.4. The molecular formula is C24H31IN4O4. The summed E-state index contributed by atoms with van der Waals surface area (Å²) in [7, 11) is 5.32. The molecule has 9 heteroatoms. The molecule has 0 fully saturated rings. The summed E-state index contributed by atoms with van der Waals surface area (Å²) in [5, 5.41) is 3.31. The van der Waals surface area contributed by atoms with Crippen LogP contribution in [0.25, 0.3) is 0 Å². The number of amides is 2. The number of rotatable bonds is 10. The predicted octanol–water partition coefficient (Wildman–Crippen LogP) is 3.28. The first-order valence-corrected chi connectivity index (χ1v) is 10.7. The Morgan fingerprint density at radius 1 is 1.00 bits per heavy atom. The molecule has 1 aliphatic heterocycles. The summed E-state index contributed by atoms with van der Waals surface area (Å²) in [6.45, 7) is 2.29. The van der Waals surface area contributed by atoms with Gasteiger partial charge in [0.25, 0.3) is 11.8 Å². The second-order valence-electron chi connectivity index (χ2n) is 7.43. The second-order valence-corrected chi connectivity index (χ2v) is 7.43. The van der Waals surface area contributed by atoms with Gasteiger partial charge in [0.2, 0.25) is 0 Å². The third-order valence-corrected chi connectivity index (χ3v) is 5.30. The lowest BCUT2D eigenvalue weighted by atomic mass is 10.1. The van der Waals surface area contributed by atoms with E-state index in [9.17, 15) is 9.59 Å². The zero-order valence-electron chi connectivity index (χ0n) is 19.2. The number of carbonyl (C=O) groups is 2. The number of nitrogens with zero attached hydrogens (tertiary/aromatic N) is 3. The van der Waals surface area contributed by atoms with E-state index in [1.807, 2.05) is 36.2 Å². The Labute approximate surface area is 212 Å². The van der Waals surface area contributed by atoms with Crippen LogP contribution in [0, 0.1) is 0 Å². The van der Waals surface area contributed by atoms with Crippen molar-refractivity contribution in [3.05, 3.63) is 59.7 Å². The van der Waals surface area contributed by atoms with Gasteiger partial charge in [0.1, 0.15) is 18.1 Å². The average Bonchev–Trinajstić information content (AvgIpc) is 3.06. The molecule has 0 radical (unpaired) electrons. The summed E-state index contributed by atoms with van der Waals surface area (Å²) in [6, 6.07) is 14.4. The molecule has 0 bridgehead atoms. The van der Waals surface area contributed by atoms with Crippen molar-refractivity contribution in [1.82, 2.24) is 15.1 Å². The van der Waals surface area contributed by atoms with Crippen LogP contribution in [0.3, 0.4) is 0 Å². The molecule has 0 aromatic heterocycles. The highest BCUT2D eigenvalue weighted by atomic mass is 127. The number of halogens is 1. The van der Waals surface area contributed by atoms with Gasteiger partial charge in [-0.2, -0.15) is 0 Å². The number of imide groups is 1. The molecule has 178 valence electrons. The number of fused-ring (bicyclic) bond motifs is 1. The molecule has 1 heterocycles. The summed E-state index contributed by atoms with van der Waals surface area (Å²) in [5.41, 5.74) is 0.990. The average molecular weight is 566 g/mol. The lowest BCUT2D eigenvalue weighted by Crippen LogP contribution is -2.41. The molecule has 0 saturated carbocycles. The molecule has 8 nitrogen and oxygen atoms in total. The van der Waals surface area contributed by atoms with Crippen molar-refractivity contribution in [1.29, 1.82) is 0 Å². The molecule has 33 heavy (non-hydrogen) atoms. The Hall–Kier alpha value is -2.82. The van der Waals surface area contributed by atoms with Gasteiger partial charge in [-0.25, -0.2) is 0 Å². The van der Waals surface area contributed by atoms with Crippen LogP contribution in [0.4, 0.5) is 0 Å². The summed E-state index contributed by atoms with van der Waals surface area (Å²) >= 11 is 0. The molecule has 0 saturated heterocycles. The lowest BCUT2D eigenvalue weighted by molar-refractivity contribution is 0.0652. The number of unbranched alkanes of at least 4 members (excludes halogenated alkanes) is 1. The molecule has 2 aromatic carbocycles. The minimum Gasteiger partial charge on any atom is -0.497 e. The first kappa shape index (κ1) is 26.4. The number of carbonyl (C=O) groups excluding carboxylic acids is 2. The first-order valence-electron chi connectivity index (χ1n) is 10.7. The van der Waals surface area contributed by atoms with E-state index in [1.54, 1.807) is 38.4 Å². The van der Waals surface area contributed by atoms with E-state index < -0.39 is 0 Å². The third kappa shape index (κ3) is 6.83. The number of hydrogen-bond donors (Lipinski definition) is 1. The Bertz CT molecular complexity index is 930. The van der Waals surface area contributed by atoms with Gasteiger partial charge >= 0.3 is 0 Å². The van der Waals surface area contributed by atoms with E-state index in [2.05, 4.69) is 10.3 Å². The number of guanidine groups is 1. The van der Waals surface area contributed by atoms with E-state index in [4.69, 9.17) is 9.47 Å². The van der Waals surface area contributed by atoms with Crippen molar-refractivity contribution in [3.8, 4) is 11.5 Å². The van der Waals surface area contributed by atoms with Crippen LogP contribution in [0.15, 0.2) is 53.5 Å². The van der Waals surface area contributed by atoms with Crippen molar-refractivity contribution < 1.29 is 19.1 Å². The molecule has 1 N–H and O–H groups in total. The zero-order chi connectivity index (χ0) is 22.9. The standard InChI is InChI=1S/C24H30N4O4.HI/c1-25-24(27(2)16-17-32-19-12-10-18(31-3)11-13-19)26-14-6-7-15-28-22(29)20-8-4-5-9-21(20)23(28)30;/h4-5,8-13H,6-7,14-17H2,1-3H3,(H,25,26);1H. The fourth-order valence-corrected chi connectivity index (χ4v) is 3.50. The Balaban J connectivity index is 0.00000385. The van der Waals surface area contributed by atoms with Gasteiger partial charge < -0.3 is 19.7 Å². The van der Waals surface area contributed by atoms with Gasteiger partial charge in [-0.1, -0.05) is 12.1 Å². The van der Waals surface area contributed by atoms with Crippen LogP contribution in [0.2, 0.25) is 0 Å². The Morgan fingerprint density at radius 3 is 2.18 bits per heavy atom. The molecule has 2 aromatic rings. The van der Waals surface area contributed by atoms with E-state index >= 15 is 0 Å². The van der Waals surface area contributed by atoms with E-state index in [-0.39, 0.29) is 35.8 Å². The maximum atomic E-state index is 12.4. The normalized spacial score (nSPS) is 12.8. The molecule has 0 aliphatic carbocycles. The third-order valence-electron chi connectivity index (χ3n) is 5.30. The number of hydrogen-bond acceptors (Lipinski definition) is 5. The molecule has 3 rings (SSSR count). The maximum absolute atomic E-state index is 12.4. The molecule has 0 unspecified atom stereocenters. The van der Waals surface area contributed by atoms with Crippen LogP contribution < -0.4 is 14.8 Å². The number of methoxy groups -OCH3 is 1. The van der Waals surface area contributed by atoms with Crippen LogP contribution >= 0.6 is 24.0 Å². The number of likely N-dealkylation sites (N-methyl/N-ethyl adjacent to an activating group) is 1. The SMILES string of the molecule is CN=C(NCCCCN1C(=O)c2ccccc2C1=O)N(C)CCOc1ccc(OC)cc1.I. The Morgan fingerprint density at radius 2 is 1.61 bits per heavy atom. The van der Waals surface area contributed by atoms with Gasteiger partial charge in [0.05, 0.1) is 24.8 Å². The molecular weight excluding hydrogens is 535 g/mol. The highest BCUT2D eigenvalue weighted by Crippen LogP contribution is 2.22. The summed E-state index contributed by atoms with van der Waals surface area (Å²) in [4.78, 5) is 32.4. The highest BCUT2D eigenvalue weighted by Gasteiger charge is 2.34.